The average molecular weight is 722 g/mol. The fraction of sp³-hybridized carbons (Fsp3) is 0.429. The van der Waals surface area contributed by atoms with Gasteiger partial charge in [-0.25, -0.2) is 9.97 Å². The maximum atomic E-state index is 13.0. The van der Waals surface area contributed by atoms with E-state index >= 15 is 0 Å². The van der Waals surface area contributed by atoms with E-state index in [0.29, 0.717) is 31.0 Å². The van der Waals surface area contributed by atoms with Crippen molar-refractivity contribution in [3.63, 3.8) is 0 Å². The third kappa shape index (κ3) is 12.2. The third-order valence-corrected chi connectivity index (χ3v) is 5.27. The summed E-state index contributed by atoms with van der Waals surface area (Å²) in [5, 5.41) is 37.3. The minimum Gasteiger partial charge on any atom is -0.545 e. The van der Waals surface area contributed by atoms with Gasteiger partial charge in [0.25, 0.3) is 0 Å². The molecule has 1 fully saturated rings. The van der Waals surface area contributed by atoms with Crippen LogP contribution < -0.4 is 0 Å². The summed E-state index contributed by atoms with van der Waals surface area (Å²) < 4.78 is 2.89. The van der Waals surface area contributed by atoms with Crippen molar-refractivity contribution >= 4 is 45.3 Å². The number of carbonyl (C=O) groups excluding carboxylic acids is 4. The monoisotopic (exact) mass is 722 g/mol. The van der Waals surface area contributed by atoms with Crippen LogP contribution in [0.15, 0.2) is 24.8 Å². The second kappa shape index (κ2) is 20.4. The number of nitrogens with zero attached hydrogens (tertiary/aromatic N) is 6. The van der Waals surface area contributed by atoms with Crippen molar-refractivity contribution in [3.05, 3.63) is 36.4 Å². The van der Waals surface area contributed by atoms with Gasteiger partial charge in [-0.3, -0.25) is 39.7 Å². The second-order valence-corrected chi connectivity index (χ2v) is 7.59. The van der Waals surface area contributed by atoms with Gasteiger partial charge < -0.3 is 48.7 Å². The molecule has 0 saturated carbocycles. The zero-order valence-corrected chi connectivity index (χ0v) is 23.4. The van der Waals surface area contributed by atoms with Crippen LogP contribution in [0, 0.1) is 0 Å². The van der Waals surface area contributed by atoms with E-state index in [-0.39, 0.29) is 59.1 Å². The van der Waals surface area contributed by atoms with Crippen LogP contribution in [0.25, 0.3) is 0 Å². The van der Waals surface area contributed by atoms with Crippen molar-refractivity contribution in [2.45, 2.75) is 45.0 Å². The van der Waals surface area contributed by atoms with E-state index in [1.807, 2.05) is 0 Å². The quantitative estimate of drug-likeness (QED) is 0.107. The number of hydrogen-bond acceptors (Lipinski definition) is 11. The first-order valence-electron chi connectivity index (χ1n) is 10.8. The zero-order chi connectivity index (χ0) is 29.3. The van der Waals surface area contributed by atoms with Crippen LogP contribution in [0.4, 0.5) is 0 Å². The normalized spacial score (nSPS) is 13.4. The molecule has 1 saturated heterocycles. The Morgan fingerprint density at radius 1 is 0.897 bits per heavy atom. The molecule has 16 nitrogen and oxygen atoms in total. The molecule has 39 heavy (non-hydrogen) atoms. The van der Waals surface area contributed by atoms with Gasteiger partial charge in [-0.2, -0.15) is 0 Å². The van der Waals surface area contributed by atoms with Gasteiger partial charge in [-0.15, -0.1) is 0 Å². The van der Waals surface area contributed by atoms with Gasteiger partial charge in [0.2, 0.25) is 5.91 Å². The van der Waals surface area contributed by atoms with Gasteiger partial charge in [0.1, 0.15) is 24.7 Å². The molecule has 0 aromatic carbocycles. The molecule has 4 N–H and O–H groups in total. The molecule has 1 amide bonds. The molecule has 18 heteroatoms. The minimum atomic E-state index is -1.64. The van der Waals surface area contributed by atoms with Gasteiger partial charge in [-0.1, -0.05) is 0 Å². The number of imidazole rings is 2. The predicted molar refractivity (Wildman–Crippen MR) is 129 cm³/mol. The maximum Gasteiger partial charge on any atom is 0.475 e. The Hall–Kier alpha value is -3.55. The summed E-state index contributed by atoms with van der Waals surface area (Å²) in [7, 11) is -1.64. The summed E-state index contributed by atoms with van der Waals surface area (Å²) >= 11 is 0. The summed E-state index contributed by atoms with van der Waals surface area (Å²) in [6, 6.07) is 0. The van der Waals surface area contributed by atoms with E-state index in [1.165, 1.54) is 38.8 Å². The Morgan fingerprint density at radius 2 is 1.33 bits per heavy atom. The molecule has 2 aromatic heterocycles. The number of aliphatic carboxylic acids is 2. The van der Waals surface area contributed by atoms with Crippen molar-refractivity contribution in [2.24, 2.45) is 0 Å². The van der Waals surface area contributed by atoms with Crippen molar-refractivity contribution in [1.82, 2.24) is 28.9 Å². The fourth-order valence-electron chi connectivity index (χ4n) is 3.82. The number of carboxylic acids is 2. The van der Waals surface area contributed by atoms with Gasteiger partial charge in [0, 0.05) is 51.8 Å². The number of rotatable bonds is 11. The van der Waals surface area contributed by atoms with Crippen LogP contribution >= 0.6 is 0 Å². The first-order chi connectivity index (χ1) is 18.2. The largest absolute Gasteiger partial charge is 0.545 e. The first-order valence-corrected chi connectivity index (χ1v) is 10.8. The number of carboxylic acid groups (broad SMARTS) is 2. The predicted octanol–water partition coefficient (Wildman–Crippen LogP) is -2.57. The molecule has 0 aliphatic carbocycles. The Morgan fingerprint density at radius 3 is 1.72 bits per heavy atom. The van der Waals surface area contributed by atoms with E-state index in [4.69, 9.17) is 24.6 Å². The summed E-state index contributed by atoms with van der Waals surface area (Å²) in [5.74, 6) is -2.27. The number of carbonyl (C=O) groups is 3. The zero-order valence-electron chi connectivity index (χ0n) is 20.7. The molecule has 1 aliphatic rings. The molecular formula is C21H28BN6O10Re-3. The van der Waals surface area contributed by atoms with Crippen LogP contribution in [-0.2, 0) is 75.4 Å². The van der Waals surface area contributed by atoms with Gasteiger partial charge in [-0.05, 0) is 12.8 Å². The molecule has 2 aromatic rings. The smallest absolute Gasteiger partial charge is 0.475 e. The Balaban J connectivity index is 0. The number of likely N-dealkylation sites (tertiary alicyclic amines) is 1. The Labute approximate surface area is 238 Å². The average Bonchev–Trinajstić information content (AvgIpc) is 3.65. The minimum absolute atomic E-state index is 0. The van der Waals surface area contributed by atoms with Crippen molar-refractivity contribution < 1.29 is 69.5 Å². The topological polar surface area (TPSA) is 225 Å². The molecule has 3 rings (SSSR count). The van der Waals surface area contributed by atoms with Crippen molar-refractivity contribution in [2.75, 3.05) is 13.1 Å². The van der Waals surface area contributed by atoms with Gasteiger partial charge in [0.05, 0.1) is 25.6 Å². The number of amides is 1. The molecule has 3 heterocycles. The number of aromatic nitrogens is 4. The van der Waals surface area contributed by atoms with E-state index in [1.54, 1.807) is 4.90 Å². The summed E-state index contributed by atoms with van der Waals surface area (Å²) in [6.45, 7) is 9.64. The molecule has 1 unspecified atom stereocenters. The Kier molecular flexibility index (Phi) is 19.7. The molecule has 0 bridgehead atoms. The number of hydrogen-bond donors (Lipinski definition) is 4. The molecular weight excluding hydrogens is 693 g/mol. The fourth-order valence-corrected chi connectivity index (χ4v) is 3.82. The maximum absolute atomic E-state index is 13.0. The van der Waals surface area contributed by atoms with E-state index in [2.05, 4.69) is 30.3 Å². The molecule has 1 radical (unpaired) electrons. The SMILES string of the molecule is O=C(O)Cn1ccnc1CN(CC(=O)N1CCCC1B(O)O)Cc1nccn1CC(=O)O.[CH-]=O.[CH-]=O.[CH-]=O.[Re]. The molecule has 1 aliphatic heterocycles. The second-order valence-electron chi connectivity index (χ2n) is 7.59. The summed E-state index contributed by atoms with van der Waals surface area (Å²) in [4.78, 5) is 69.9. The molecule has 215 valence electrons. The van der Waals surface area contributed by atoms with Crippen LogP contribution in [0.3, 0.4) is 0 Å². The van der Waals surface area contributed by atoms with Crippen molar-refractivity contribution in [3.8, 4) is 0 Å². The van der Waals surface area contributed by atoms with Crippen LogP contribution in [-0.4, -0.2) is 114 Å². The summed E-state index contributed by atoms with van der Waals surface area (Å²) in [5.41, 5.74) is 0. The van der Waals surface area contributed by atoms with Gasteiger partial charge >= 0.3 is 19.1 Å². The Bertz CT molecular complexity index is 962. The van der Waals surface area contributed by atoms with Crippen LogP contribution in [0.5, 0.6) is 0 Å². The van der Waals surface area contributed by atoms with Crippen LogP contribution in [0.2, 0.25) is 0 Å². The standard InChI is InChI=1S/C18H25BN6O7.3CHO.Re/c26-16(25-5-1-2-13(25)19(31)32)10-22(8-14-20-3-6-23(14)11-17(27)28)9-15-21-4-7-24(15)12-18(29)30;3*1-2;/h3-4,6-7,13,31-32H,1-2,5,8-12H2,(H,27,28)(H,29,30);3*1H;/q;3*-1;. The molecule has 0 spiro atoms. The first kappa shape index (κ1) is 37.6. The van der Waals surface area contributed by atoms with Crippen molar-refractivity contribution in [1.29, 1.82) is 0 Å². The van der Waals surface area contributed by atoms with E-state index < -0.39 is 25.0 Å². The third-order valence-electron chi connectivity index (χ3n) is 5.27. The van der Waals surface area contributed by atoms with E-state index in [9.17, 15) is 24.4 Å². The molecule has 1 atom stereocenters. The van der Waals surface area contributed by atoms with Crippen LogP contribution in [0.1, 0.15) is 24.5 Å². The van der Waals surface area contributed by atoms with Gasteiger partial charge in [0.15, 0.2) is 0 Å². The summed E-state index contributed by atoms with van der Waals surface area (Å²) in [6.07, 6.45) is 7.10. The van der Waals surface area contributed by atoms with E-state index in [0.717, 1.165) is 0 Å².